The summed E-state index contributed by atoms with van der Waals surface area (Å²) in [4.78, 5) is 23.3. The maximum Gasteiger partial charge on any atom is 0.230 e. The number of aromatic nitrogens is 5. The van der Waals surface area contributed by atoms with Crippen LogP contribution < -0.4 is 5.32 Å². The molecule has 1 amide bonds. The summed E-state index contributed by atoms with van der Waals surface area (Å²) in [7, 11) is 0. The Hall–Kier alpha value is -2.43. The first kappa shape index (κ1) is 19.5. The molecular formula is C20H23N7OS2. The number of piperidine rings is 1. The molecular weight excluding hydrogens is 418 g/mol. The predicted molar refractivity (Wildman–Crippen MR) is 118 cm³/mol. The van der Waals surface area contributed by atoms with Crippen molar-refractivity contribution in [3.8, 4) is 11.4 Å². The second-order valence-corrected chi connectivity index (χ2v) is 9.09. The smallest absolute Gasteiger partial charge is 0.230 e. The molecule has 2 aliphatic rings. The molecule has 1 atom stereocenters. The van der Waals surface area contributed by atoms with E-state index in [4.69, 9.17) is 17.3 Å². The Balaban J connectivity index is 1.33. The van der Waals surface area contributed by atoms with E-state index in [9.17, 15) is 4.79 Å². The highest BCUT2D eigenvalue weighted by molar-refractivity contribution is 7.71. The van der Waals surface area contributed by atoms with Crippen molar-refractivity contribution in [2.75, 3.05) is 18.4 Å². The Labute approximate surface area is 183 Å². The number of amides is 1. The number of carbonyl (C=O) groups excluding carboxylic acids is 1. The Morgan fingerprint density at radius 2 is 2.20 bits per heavy atom. The first-order chi connectivity index (χ1) is 14.7. The van der Waals surface area contributed by atoms with Gasteiger partial charge in [0.15, 0.2) is 15.7 Å². The molecule has 1 saturated heterocycles. The van der Waals surface area contributed by atoms with Gasteiger partial charge < -0.3 is 5.32 Å². The summed E-state index contributed by atoms with van der Waals surface area (Å²) in [6, 6.07) is 4.37. The van der Waals surface area contributed by atoms with Gasteiger partial charge in [0, 0.05) is 42.1 Å². The van der Waals surface area contributed by atoms with Crippen molar-refractivity contribution >= 4 is 34.6 Å². The van der Waals surface area contributed by atoms with Crippen molar-refractivity contribution in [1.82, 2.24) is 29.2 Å². The summed E-state index contributed by atoms with van der Waals surface area (Å²) in [6.45, 7) is 2.21. The molecule has 1 N–H and O–H groups in total. The predicted octanol–water partition coefficient (Wildman–Crippen LogP) is 3.58. The van der Waals surface area contributed by atoms with Crippen LogP contribution in [0.1, 0.15) is 31.7 Å². The summed E-state index contributed by atoms with van der Waals surface area (Å²) < 4.78 is 4.81. The maximum absolute atomic E-state index is 12.6. The van der Waals surface area contributed by atoms with E-state index in [0.717, 1.165) is 48.4 Å². The number of rotatable bonds is 6. The van der Waals surface area contributed by atoms with Crippen molar-refractivity contribution in [3.63, 3.8) is 0 Å². The highest BCUT2D eigenvalue weighted by Gasteiger charge is 2.31. The maximum atomic E-state index is 12.6. The lowest BCUT2D eigenvalue weighted by atomic mass is 9.97. The molecule has 3 aromatic rings. The molecule has 4 heterocycles. The van der Waals surface area contributed by atoms with Crippen LogP contribution in [0.4, 0.5) is 5.13 Å². The van der Waals surface area contributed by atoms with Gasteiger partial charge in [-0.05, 0) is 56.6 Å². The van der Waals surface area contributed by atoms with Gasteiger partial charge in [-0.15, -0.1) is 11.3 Å². The normalized spacial score (nSPS) is 19.7. The molecule has 5 rings (SSSR count). The average Bonchev–Trinajstić information content (AvgIpc) is 3.38. The number of hydrogen-bond donors (Lipinski definition) is 1. The van der Waals surface area contributed by atoms with Gasteiger partial charge in [-0.2, -0.15) is 5.10 Å². The zero-order valence-corrected chi connectivity index (χ0v) is 18.1. The number of carbonyl (C=O) groups is 1. The van der Waals surface area contributed by atoms with Gasteiger partial charge in [0.2, 0.25) is 5.91 Å². The molecule has 1 aliphatic carbocycles. The summed E-state index contributed by atoms with van der Waals surface area (Å²) in [6.07, 6.45) is 9.43. The van der Waals surface area contributed by atoms with E-state index in [2.05, 4.69) is 24.8 Å². The number of anilines is 1. The van der Waals surface area contributed by atoms with Gasteiger partial charge in [-0.25, -0.2) is 9.67 Å². The van der Waals surface area contributed by atoms with Crippen molar-refractivity contribution in [3.05, 3.63) is 40.9 Å². The molecule has 0 radical (unpaired) electrons. The minimum atomic E-state index is -0.0554. The fourth-order valence-electron chi connectivity index (χ4n) is 3.95. The molecule has 8 nitrogen and oxygen atoms in total. The first-order valence-corrected chi connectivity index (χ1v) is 11.5. The average molecular weight is 442 g/mol. The SMILES string of the molecule is O=C(Nc1nccs1)C1CCCN(Cn2nc(-c3cccnc3)n(C3CC3)c2=S)C1. The number of hydrogen-bond acceptors (Lipinski definition) is 7. The van der Waals surface area contributed by atoms with Gasteiger partial charge in [0.25, 0.3) is 0 Å². The Bertz CT molecular complexity index is 1070. The molecule has 30 heavy (non-hydrogen) atoms. The first-order valence-electron chi connectivity index (χ1n) is 10.2. The second-order valence-electron chi connectivity index (χ2n) is 7.83. The fraction of sp³-hybridized carbons (Fsp3) is 0.450. The van der Waals surface area contributed by atoms with E-state index in [-0.39, 0.29) is 11.8 Å². The Morgan fingerprint density at radius 1 is 1.30 bits per heavy atom. The van der Waals surface area contributed by atoms with Gasteiger partial charge >= 0.3 is 0 Å². The largest absolute Gasteiger partial charge is 0.302 e. The van der Waals surface area contributed by atoms with Crippen molar-refractivity contribution in [1.29, 1.82) is 0 Å². The molecule has 10 heteroatoms. The van der Waals surface area contributed by atoms with Crippen molar-refractivity contribution in [2.45, 2.75) is 38.4 Å². The van der Waals surface area contributed by atoms with E-state index in [1.54, 1.807) is 12.4 Å². The monoisotopic (exact) mass is 441 g/mol. The zero-order chi connectivity index (χ0) is 20.5. The molecule has 1 aliphatic heterocycles. The summed E-state index contributed by atoms with van der Waals surface area (Å²) in [5.74, 6) is 0.864. The van der Waals surface area contributed by atoms with Crippen LogP contribution in [-0.4, -0.2) is 48.2 Å². The zero-order valence-electron chi connectivity index (χ0n) is 16.5. The van der Waals surface area contributed by atoms with Crippen LogP contribution in [0.2, 0.25) is 0 Å². The van der Waals surface area contributed by atoms with Crippen LogP contribution in [0.5, 0.6) is 0 Å². The Morgan fingerprint density at radius 3 is 2.93 bits per heavy atom. The van der Waals surface area contributed by atoms with Gasteiger partial charge in [0.1, 0.15) is 0 Å². The summed E-state index contributed by atoms with van der Waals surface area (Å²) >= 11 is 7.22. The van der Waals surface area contributed by atoms with Crippen LogP contribution >= 0.6 is 23.6 Å². The van der Waals surface area contributed by atoms with Gasteiger partial charge in [0.05, 0.1) is 12.6 Å². The van der Waals surface area contributed by atoms with E-state index >= 15 is 0 Å². The molecule has 1 unspecified atom stereocenters. The number of pyridine rings is 1. The topological polar surface area (TPSA) is 80.9 Å². The second kappa shape index (κ2) is 8.37. The fourth-order valence-corrected chi connectivity index (χ4v) is 4.81. The van der Waals surface area contributed by atoms with Crippen LogP contribution in [-0.2, 0) is 11.5 Å². The van der Waals surface area contributed by atoms with Crippen LogP contribution in [0, 0.1) is 10.7 Å². The third-order valence-electron chi connectivity index (χ3n) is 5.57. The number of likely N-dealkylation sites (tertiary alicyclic amines) is 1. The lowest BCUT2D eigenvalue weighted by Crippen LogP contribution is -2.41. The Kier molecular flexibility index (Phi) is 5.45. The number of nitrogens with zero attached hydrogens (tertiary/aromatic N) is 6. The third-order valence-corrected chi connectivity index (χ3v) is 6.67. The van der Waals surface area contributed by atoms with Crippen molar-refractivity contribution < 1.29 is 4.79 Å². The molecule has 0 spiro atoms. The van der Waals surface area contributed by atoms with Crippen molar-refractivity contribution in [2.24, 2.45) is 5.92 Å². The quantitative estimate of drug-likeness (QED) is 0.589. The summed E-state index contributed by atoms with van der Waals surface area (Å²) in [5, 5.41) is 10.3. The minimum Gasteiger partial charge on any atom is -0.302 e. The van der Waals surface area contributed by atoms with E-state index in [0.29, 0.717) is 24.4 Å². The standard InChI is InChI=1S/C20H23N7OS2/c28-18(23-19-22-8-10-30-19)15-4-2-9-25(12-15)13-26-20(29)27(16-5-6-16)17(24-26)14-3-1-7-21-11-14/h1,3,7-8,10-11,15-16H,2,4-6,9,12-13H2,(H,22,23,28). The van der Waals surface area contributed by atoms with Crippen LogP contribution in [0.3, 0.4) is 0 Å². The number of nitrogens with one attached hydrogen (secondary N) is 1. The number of thiazole rings is 1. The lowest BCUT2D eigenvalue weighted by molar-refractivity contribution is -0.121. The molecule has 3 aromatic heterocycles. The molecule has 0 bridgehead atoms. The van der Waals surface area contributed by atoms with E-state index in [1.807, 2.05) is 28.4 Å². The van der Waals surface area contributed by atoms with Gasteiger partial charge in [-0.1, -0.05) is 0 Å². The minimum absolute atomic E-state index is 0.0396. The molecule has 1 saturated carbocycles. The van der Waals surface area contributed by atoms with Gasteiger partial charge in [-0.3, -0.25) is 19.2 Å². The lowest BCUT2D eigenvalue weighted by Gasteiger charge is -2.31. The van der Waals surface area contributed by atoms with Crippen LogP contribution in [0.15, 0.2) is 36.1 Å². The van der Waals surface area contributed by atoms with Crippen LogP contribution in [0.25, 0.3) is 11.4 Å². The van der Waals surface area contributed by atoms with E-state index < -0.39 is 0 Å². The molecule has 2 fully saturated rings. The third kappa shape index (κ3) is 4.07. The molecule has 156 valence electrons. The highest BCUT2D eigenvalue weighted by Crippen LogP contribution is 2.38. The van der Waals surface area contributed by atoms with E-state index in [1.165, 1.54) is 11.3 Å². The summed E-state index contributed by atoms with van der Waals surface area (Å²) in [5.41, 5.74) is 0.980. The molecule has 0 aromatic carbocycles. The highest BCUT2D eigenvalue weighted by atomic mass is 32.1.